The maximum Gasteiger partial charge on any atom is 2.00 e. The van der Waals surface area contributed by atoms with Crippen molar-refractivity contribution in [2.75, 3.05) is 39.6 Å². The maximum atomic E-state index is 10.4. The third kappa shape index (κ3) is 37.9. The SMILES string of the molecule is CCCCCCOCCOC(C)[O-].CCCCCCOCCOC(C)[O-].[Mg+2]. The van der Waals surface area contributed by atoms with Crippen LogP contribution in [0.25, 0.3) is 0 Å². The minimum Gasteiger partial charge on any atom is -0.831 e. The number of rotatable bonds is 18. The van der Waals surface area contributed by atoms with Crippen LogP contribution in [0.4, 0.5) is 0 Å². The number of unbranched alkanes of at least 4 members (excludes halogenated alkanes) is 6. The van der Waals surface area contributed by atoms with Crippen LogP contribution in [0.2, 0.25) is 0 Å². The fourth-order valence-corrected chi connectivity index (χ4v) is 2.01. The van der Waals surface area contributed by atoms with E-state index in [1.165, 1.54) is 52.4 Å². The molecule has 2 atom stereocenters. The van der Waals surface area contributed by atoms with Crippen LogP contribution in [0.3, 0.4) is 0 Å². The van der Waals surface area contributed by atoms with Gasteiger partial charge in [0.05, 0.1) is 26.4 Å². The van der Waals surface area contributed by atoms with Crippen molar-refractivity contribution in [2.45, 2.75) is 91.6 Å². The summed E-state index contributed by atoms with van der Waals surface area (Å²) in [7, 11) is 0. The summed E-state index contributed by atoms with van der Waals surface area (Å²) in [6, 6.07) is 0. The molecule has 2 unspecified atom stereocenters. The molecule has 0 radical (unpaired) electrons. The van der Waals surface area contributed by atoms with E-state index >= 15 is 0 Å². The number of hydrogen-bond acceptors (Lipinski definition) is 6. The molecule has 0 aliphatic heterocycles. The molecule has 0 saturated heterocycles. The van der Waals surface area contributed by atoms with Crippen LogP contribution in [0, 0.1) is 0 Å². The minimum absolute atomic E-state index is 0. The normalized spacial score (nSPS) is 12.7. The molecule has 6 nitrogen and oxygen atoms in total. The second-order valence-corrected chi connectivity index (χ2v) is 6.22. The molecule has 0 aromatic carbocycles. The average molecular weight is 403 g/mol. The Morgan fingerprint density at radius 3 is 1.22 bits per heavy atom. The molecule has 0 aromatic heterocycles. The van der Waals surface area contributed by atoms with Gasteiger partial charge < -0.3 is 29.2 Å². The van der Waals surface area contributed by atoms with Crippen molar-refractivity contribution in [3.05, 3.63) is 0 Å². The molecule has 7 heteroatoms. The molecule has 0 rings (SSSR count). The maximum absolute atomic E-state index is 10.4. The largest absolute Gasteiger partial charge is 2.00 e. The van der Waals surface area contributed by atoms with Crippen molar-refractivity contribution in [3.63, 3.8) is 0 Å². The molecule has 0 spiro atoms. The molecule has 27 heavy (non-hydrogen) atoms. The number of ether oxygens (including phenoxy) is 4. The zero-order valence-corrected chi connectivity index (χ0v) is 19.6. The Kier molecular flexibility index (Phi) is 34.3. The Morgan fingerprint density at radius 1 is 0.556 bits per heavy atom. The summed E-state index contributed by atoms with van der Waals surface area (Å²) in [5, 5.41) is 20.8. The zero-order valence-electron chi connectivity index (χ0n) is 18.2. The van der Waals surface area contributed by atoms with Gasteiger partial charge in [-0.15, -0.1) is 0 Å². The van der Waals surface area contributed by atoms with E-state index in [9.17, 15) is 10.2 Å². The fourth-order valence-electron chi connectivity index (χ4n) is 2.01. The van der Waals surface area contributed by atoms with Gasteiger partial charge in [-0.2, -0.15) is 0 Å². The van der Waals surface area contributed by atoms with Crippen LogP contribution < -0.4 is 10.2 Å². The summed E-state index contributed by atoms with van der Waals surface area (Å²) < 4.78 is 20.1. The van der Waals surface area contributed by atoms with Crippen molar-refractivity contribution in [3.8, 4) is 0 Å². The molecule has 0 aliphatic carbocycles. The van der Waals surface area contributed by atoms with Gasteiger partial charge in [0.15, 0.2) is 0 Å². The van der Waals surface area contributed by atoms with Gasteiger partial charge in [0.2, 0.25) is 0 Å². The van der Waals surface area contributed by atoms with Gasteiger partial charge in [-0.05, 0) is 25.4 Å². The average Bonchev–Trinajstić information content (AvgIpc) is 2.60. The Hall–Kier alpha value is 0.526. The molecule has 0 bridgehead atoms. The minimum atomic E-state index is -0.927. The van der Waals surface area contributed by atoms with E-state index in [4.69, 9.17) is 18.9 Å². The van der Waals surface area contributed by atoms with E-state index in [0.717, 1.165) is 26.1 Å². The van der Waals surface area contributed by atoms with Crippen molar-refractivity contribution >= 4 is 23.1 Å². The van der Waals surface area contributed by atoms with Crippen molar-refractivity contribution in [1.29, 1.82) is 0 Å². The molecule has 0 heterocycles. The second-order valence-electron chi connectivity index (χ2n) is 6.22. The summed E-state index contributed by atoms with van der Waals surface area (Å²) in [6.07, 6.45) is 7.88. The van der Waals surface area contributed by atoms with Crippen LogP contribution in [0.5, 0.6) is 0 Å². The summed E-state index contributed by atoms with van der Waals surface area (Å²) in [4.78, 5) is 0. The zero-order chi connectivity index (χ0) is 19.9. The van der Waals surface area contributed by atoms with Gasteiger partial charge in [-0.1, -0.05) is 66.2 Å². The standard InChI is InChI=1S/2C10H21O3.Mg/c2*1-3-4-5-6-7-12-8-9-13-10(2)11;/h2*10H,3-9H2,1-2H3;/q2*-1;+2. The predicted molar refractivity (Wildman–Crippen MR) is 107 cm³/mol. The summed E-state index contributed by atoms with van der Waals surface area (Å²) in [5.41, 5.74) is 0. The van der Waals surface area contributed by atoms with Gasteiger partial charge >= 0.3 is 23.1 Å². The first kappa shape index (κ1) is 32.2. The van der Waals surface area contributed by atoms with Crippen LogP contribution in [-0.2, 0) is 18.9 Å². The van der Waals surface area contributed by atoms with E-state index < -0.39 is 12.6 Å². The molecule has 0 saturated carbocycles. The van der Waals surface area contributed by atoms with Gasteiger partial charge in [0.1, 0.15) is 0 Å². The Bertz CT molecular complexity index is 219. The third-order valence-corrected chi connectivity index (χ3v) is 3.44. The first-order valence-electron chi connectivity index (χ1n) is 10.2. The molecule has 0 aliphatic rings. The predicted octanol–water partition coefficient (Wildman–Crippen LogP) is 2.23. The van der Waals surface area contributed by atoms with Gasteiger partial charge in [0.25, 0.3) is 0 Å². The Morgan fingerprint density at radius 2 is 0.926 bits per heavy atom. The van der Waals surface area contributed by atoms with E-state index in [2.05, 4.69) is 13.8 Å². The summed E-state index contributed by atoms with van der Waals surface area (Å²) in [6.45, 7) is 10.8. The topological polar surface area (TPSA) is 83.0 Å². The van der Waals surface area contributed by atoms with Crippen LogP contribution in [-0.4, -0.2) is 75.3 Å². The second kappa shape index (κ2) is 28.7. The van der Waals surface area contributed by atoms with Gasteiger partial charge in [-0.3, -0.25) is 0 Å². The van der Waals surface area contributed by atoms with E-state index in [1.807, 2.05) is 0 Å². The van der Waals surface area contributed by atoms with E-state index in [-0.39, 0.29) is 23.1 Å². The molecule has 160 valence electrons. The fraction of sp³-hybridized carbons (Fsp3) is 1.00. The molecule has 0 N–H and O–H groups in total. The van der Waals surface area contributed by atoms with E-state index in [0.29, 0.717) is 26.4 Å². The Labute approximate surface area is 183 Å². The molecular weight excluding hydrogens is 361 g/mol. The molecule has 0 fully saturated rings. The van der Waals surface area contributed by atoms with E-state index in [1.54, 1.807) is 0 Å². The molecule has 0 aromatic rings. The van der Waals surface area contributed by atoms with Gasteiger partial charge in [-0.25, -0.2) is 0 Å². The molecule has 0 amide bonds. The van der Waals surface area contributed by atoms with Crippen LogP contribution >= 0.6 is 0 Å². The van der Waals surface area contributed by atoms with Gasteiger partial charge in [0, 0.05) is 13.2 Å². The monoisotopic (exact) mass is 402 g/mol. The summed E-state index contributed by atoms with van der Waals surface area (Å²) in [5.74, 6) is 0. The summed E-state index contributed by atoms with van der Waals surface area (Å²) >= 11 is 0. The smallest absolute Gasteiger partial charge is 0.831 e. The first-order chi connectivity index (χ1) is 12.5. The van der Waals surface area contributed by atoms with Crippen molar-refractivity contribution in [2.24, 2.45) is 0 Å². The number of hydrogen-bond donors (Lipinski definition) is 0. The van der Waals surface area contributed by atoms with Crippen LogP contribution in [0.1, 0.15) is 79.1 Å². The quantitative estimate of drug-likeness (QED) is 0.198. The Balaban J connectivity index is -0.000000411. The third-order valence-electron chi connectivity index (χ3n) is 3.44. The van der Waals surface area contributed by atoms with Crippen LogP contribution in [0.15, 0.2) is 0 Å². The van der Waals surface area contributed by atoms with Crippen molar-refractivity contribution in [1.82, 2.24) is 0 Å². The first-order valence-corrected chi connectivity index (χ1v) is 10.2. The molecular formula is C20H42MgO6. The van der Waals surface area contributed by atoms with Crippen molar-refractivity contribution < 1.29 is 29.2 Å².